The van der Waals surface area contributed by atoms with Crippen LogP contribution in [0, 0.1) is 0 Å². The minimum atomic E-state index is -4.58. The highest BCUT2D eigenvalue weighted by molar-refractivity contribution is 7.94. The molecule has 0 saturated carbocycles. The Morgan fingerprint density at radius 3 is 2.83 bits per heavy atom. The van der Waals surface area contributed by atoms with Crippen LogP contribution in [0.15, 0.2) is 17.1 Å². The predicted molar refractivity (Wildman–Crippen MR) is 79.4 cm³/mol. The molecule has 126 valence electrons. The van der Waals surface area contributed by atoms with Gasteiger partial charge >= 0.3 is 24.6 Å². The molecular weight excluding hydrogens is 329 g/mol. The van der Waals surface area contributed by atoms with Crippen molar-refractivity contribution < 1.29 is 28.8 Å². The molecule has 1 aromatic heterocycles. The standard InChI is InChI=1S/C12H16N3O7P/c1-2-21-12(18)23(19,20)10(16)7-3-4-9(22-7)15-6-5-8(13)14-11(15)17/h5-7,9,19-20H,2-4H2,1H3,(H-,13,14,17)/p+1/t7-,9+/m0/s1. The Kier molecular flexibility index (Phi) is 5.10. The molecule has 1 saturated heterocycles. The van der Waals surface area contributed by atoms with Gasteiger partial charge in [0.25, 0.3) is 0 Å². The molecule has 1 aliphatic heterocycles. The van der Waals surface area contributed by atoms with Gasteiger partial charge in [-0.3, -0.25) is 4.57 Å². The summed E-state index contributed by atoms with van der Waals surface area (Å²) in [6.45, 7) is 1.39. The van der Waals surface area contributed by atoms with Crippen molar-refractivity contribution in [3.8, 4) is 0 Å². The van der Waals surface area contributed by atoms with Gasteiger partial charge < -0.3 is 15.2 Å². The first-order valence-corrected chi connectivity index (χ1v) is 8.53. The third kappa shape index (κ3) is 3.56. The molecule has 11 heteroatoms. The second-order valence-electron chi connectivity index (χ2n) is 4.84. The van der Waals surface area contributed by atoms with Crippen LogP contribution in [0.4, 0.5) is 10.6 Å². The molecule has 0 aliphatic carbocycles. The molecule has 0 spiro atoms. The Morgan fingerprint density at radius 1 is 1.52 bits per heavy atom. The molecule has 1 aromatic rings. The molecule has 2 heterocycles. The largest absolute Gasteiger partial charge is 0.520 e. The lowest BCUT2D eigenvalue weighted by atomic mass is 10.2. The smallest absolute Gasteiger partial charge is 0.432 e. The summed E-state index contributed by atoms with van der Waals surface area (Å²) in [5.74, 6) is 0.0508. The highest BCUT2D eigenvalue weighted by Gasteiger charge is 2.60. The van der Waals surface area contributed by atoms with E-state index in [1.165, 1.54) is 19.2 Å². The number of carbonyl (C=O) groups excluding carboxylic acids is 2. The zero-order chi connectivity index (χ0) is 17.2. The summed E-state index contributed by atoms with van der Waals surface area (Å²) in [4.78, 5) is 58.4. The number of nitrogens with zero attached hydrogens (tertiary/aromatic N) is 2. The van der Waals surface area contributed by atoms with Crippen molar-refractivity contribution in [1.82, 2.24) is 9.55 Å². The van der Waals surface area contributed by atoms with E-state index in [0.717, 1.165) is 4.57 Å². The zero-order valence-corrected chi connectivity index (χ0v) is 13.2. The number of nitrogen functional groups attached to an aromatic ring is 1. The average Bonchev–Trinajstić information content (AvgIpc) is 2.96. The van der Waals surface area contributed by atoms with Crippen molar-refractivity contribution in [3.63, 3.8) is 0 Å². The van der Waals surface area contributed by atoms with Crippen LogP contribution >= 0.6 is 7.72 Å². The van der Waals surface area contributed by atoms with Crippen molar-refractivity contribution in [3.05, 3.63) is 22.7 Å². The number of carbonyl (C=O) groups is 2. The summed E-state index contributed by atoms with van der Waals surface area (Å²) in [6, 6.07) is 1.40. The van der Waals surface area contributed by atoms with Crippen molar-refractivity contribution in [2.24, 2.45) is 0 Å². The number of rotatable bonds is 5. The Balaban J connectivity index is 2.11. The first kappa shape index (κ1) is 17.5. The van der Waals surface area contributed by atoms with Gasteiger partial charge in [0.1, 0.15) is 12.0 Å². The van der Waals surface area contributed by atoms with Gasteiger partial charge in [-0.15, -0.1) is 0 Å². The summed E-state index contributed by atoms with van der Waals surface area (Å²) in [6.07, 6.45) is -0.245. The van der Waals surface area contributed by atoms with E-state index >= 15 is 0 Å². The SMILES string of the molecule is CCOC(=O)[P+](O)(O)C(=O)[C@@H]1CC[C@H](n2ccc(N)nc2=O)O1. The van der Waals surface area contributed by atoms with E-state index < -0.39 is 37.0 Å². The summed E-state index contributed by atoms with van der Waals surface area (Å²) >= 11 is 0. The van der Waals surface area contributed by atoms with E-state index in [1.807, 2.05) is 0 Å². The van der Waals surface area contributed by atoms with Gasteiger partial charge in [-0.25, -0.2) is 19.4 Å². The monoisotopic (exact) mass is 346 g/mol. The minimum absolute atomic E-state index is 0.0508. The van der Waals surface area contributed by atoms with E-state index in [-0.39, 0.29) is 25.3 Å². The van der Waals surface area contributed by atoms with Crippen LogP contribution in [-0.4, -0.2) is 43.3 Å². The lowest BCUT2D eigenvalue weighted by Gasteiger charge is -2.15. The van der Waals surface area contributed by atoms with Crippen molar-refractivity contribution in [2.75, 3.05) is 12.3 Å². The fraction of sp³-hybridized carbons (Fsp3) is 0.500. The lowest BCUT2D eigenvalue weighted by molar-refractivity contribution is -0.125. The van der Waals surface area contributed by atoms with Crippen LogP contribution < -0.4 is 11.4 Å². The van der Waals surface area contributed by atoms with Gasteiger partial charge in [-0.05, 0) is 25.8 Å². The van der Waals surface area contributed by atoms with Crippen LogP contribution in [0.3, 0.4) is 0 Å². The van der Waals surface area contributed by atoms with Crippen molar-refractivity contribution in [2.45, 2.75) is 32.1 Å². The van der Waals surface area contributed by atoms with Gasteiger partial charge in [0.2, 0.25) is 0 Å². The molecule has 2 rings (SSSR count). The third-order valence-electron chi connectivity index (χ3n) is 3.26. The normalized spacial score (nSPS) is 21.2. The molecule has 0 bridgehead atoms. The number of ether oxygens (including phenoxy) is 2. The quantitative estimate of drug-likeness (QED) is 0.626. The van der Waals surface area contributed by atoms with E-state index in [4.69, 9.17) is 10.5 Å². The maximum Gasteiger partial charge on any atom is 0.520 e. The molecule has 0 radical (unpaired) electrons. The maximum absolute atomic E-state index is 12.1. The van der Waals surface area contributed by atoms with Gasteiger partial charge in [0, 0.05) is 6.20 Å². The van der Waals surface area contributed by atoms with E-state index in [1.54, 1.807) is 0 Å². The Labute approximate surface area is 131 Å². The molecule has 1 aliphatic rings. The Morgan fingerprint density at radius 2 is 2.22 bits per heavy atom. The first-order valence-electron chi connectivity index (χ1n) is 6.83. The van der Waals surface area contributed by atoms with Crippen LogP contribution in [0.25, 0.3) is 0 Å². The molecule has 2 atom stereocenters. The molecule has 1 fully saturated rings. The fourth-order valence-corrected chi connectivity index (χ4v) is 3.24. The van der Waals surface area contributed by atoms with E-state index in [0.29, 0.717) is 0 Å². The molecule has 0 amide bonds. The second kappa shape index (κ2) is 6.71. The molecular formula is C12H17N3O7P+. The van der Waals surface area contributed by atoms with E-state index in [9.17, 15) is 24.2 Å². The maximum atomic E-state index is 12.1. The Hall–Kier alpha value is -1.87. The first-order chi connectivity index (χ1) is 10.8. The Bertz CT molecular complexity index is 675. The van der Waals surface area contributed by atoms with Gasteiger partial charge in [0.15, 0.2) is 6.10 Å². The van der Waals surface area contributed by atoms with Crippen molar-refractivity contribution in [1.29, 1.82) is 0 Å². The number of anilines is 1. The van der Waals surface area contributed by atoms with Gasteiger partial charge in [-0.1, -0.05) is 0 Å². The van der Waals surface area contributed by atoms with Crippen LogP contribution in [-0.2, 0) is 14.3 Å². The number of hydrogen-bond donors (Lipinski definition) is 3. The van der Waals surface area contributed by atoms with Gasteiger partial charge in [0.05, 0.1) is 6.61 Å². The minimum Gasteiger partial charge on any atom is -0.432 e. The number of aromatic nitrogens is 2. The number of nitrogens with two attached hydrogens (primary N) is 1. The molecule has 0 aromatic carbocycles. The van der Waals surface area contributed by atoms with E-state index in [2.05, 4.69) is 9.72 Å². The fourth-order valence-electron chi connectivity index (χ4n) is 2.16. The second-order valence-corrected chi connectivity index (χ2v) is 6.85. The zero-order valence-electron chi connectivity index (χ0n) is 12.3. The summed E-state index contributed by atoms with van der Waals surface area (Å²) < 4.78 is 11.0. The lowest BCUT2D eigenvalue weighted by Crippen LogP contribution is -2.30. The van der Waals surface area contributed by atoms with Gasteiger partial charge in [-0.2, -0.15) is 9.78 Å². The number of hydrogen-bond acceptors (Lipinski definition) is 9. The highest BCUT2D eigenvalue weighted by atomic mass is 31.2. The van der Waals surface area contributed by atoms with Crippen LogP contribution in [0.1, 0.15) is 26.0 Å². The summed E-state index contributed by atoms with van der Waals surface area (Å²) in [5.41, 5.74) is 2.25. The predicted octanol–water partition coefficient (Wildman–Crippen LogP) is 0.0184. The third-order valence-corrected chi connectivity index (χ3v) is 4.80. The highest BCUT2D eigenvalue weighted by Crippen LogP contribution is 2.55. The van der Waals surface area contributed by atoms with Crippen LogP contribution in [0.2, 0.25) is 0 Å². The molecule has 4 N–H and O–H groups in total. The summed E-state index contributed by atoms with van der Waals surface area (Å²) in [5, 5.41) is 0. The molecule has 10 nitrogen and oxygen atoms in total. The summed E-state index contributed by atoms with van der Waals surface area (Å²) in [7, 11) is -4.58. The molecule has 0 unspecified atom stereocenters. The average molecular weight is 346 g/mol. The van der Waals surface area contributed by atoms with Crippen LogP contribution in [0.5, 0.6) is 0 Å². The van der Waals surface area contributed by atoms with Crippen molar-refractivity contribution >= 4 is 24.8 Å². The topological polar surface area (TPSA) is 154 Å². The molecule has 23 heavy (non-hydrogen) atoms.